The van der Waals surface area contributed by atoms with E-state index in [2.05, 4.69) is 11.4 Å². The van der Waals surface area contributed by atoms with Gasteiger partial charge in [-0.1, -0.05) is 0 Å². The van der Waals surface area contributed by atoms with Gasteiger partial charge in [-0.2, -0.15) is 5.26 Å². The Morgan fingerprint density at radius 3 is 2.85 bits per heavy atom. The number of rotatable bonds is 6. The number of carbonyl (C=O) groups is 1. The van der Waals surface area contributed by atoms with E-state index in [1.807, 2.05) is 0 Å². The normalized spacial score (nSPS) is 11.8. The third-order valence-corrected chi connectivity index (χ3v) is 1.88. The molecule has 0 saturated heterocycles. The Hall–Kier alpha value is -0.750. The molecule has 1 unspecified atom stereocenters. The molecule has 13 heavy (non-hydrogen) atoms. The van der Waals surface area contributed by atoms with Crippen LogP contribution in [0.25, 0.3) is 0 Å². The summed E-state index contributed by atoms with van der Waals surface area (Å²) in [5.41, 5.74) is 0. The fourth-order valence-corrected chi connectivity index (χ4v) is 0.970. The van der Waals surface area contributed by atoms with E-state index in [1.165, 1.54) is 0 Å². The van der Waals surface area contributed by atoms with Gasteiger partial charge in [0.2, 0.25) is 5.91 Å². The second-order valence-electron chi connectivity index (χ2n) is 2.98. The SMILES string of the molecule is CC(C#N)CNC(=O)CCCCCl. The smallest absolute Gasteiger partial charge is 0.220 e. The minimum Gasteiger partial charge on any atom is -0.355 e. The van der Waals surface area contributed by atoms with Crippen LogP contribution in [-0.2, 0) is 4.79 Å². The van der Waals surface area contributed by atoms with Crippen molar-refractivity contribution in [3.63, 3.8) is 0 Å². The van der Waals surface area contributed by atoms with Gasteiger partial charge in [-0.15, -0.1) is 11.6 Å². The highest BCUT2D eigenvalue weighted by Gasteiger charge is 2.03. The molecule has 0 aliphatic rings. The lowest BCUT2D eigenvalue weighted by atomic mass is 10.2. The van der Waals surface area contributed by atoms with Gasteiger partial charge in [-0.3, -0.25) is 4.79 Å². The Morgan fingerprint density at radius 1 is 1.62 bits per heavy atom. The Labute approximate surface area is 84.1 Å². The maximum Gasteiger partial charge on any atom is 0.220 e. The molecular formula is C9H15ClN2O. The molecule has 74 valence electrons. The average Bonchev–Trinajstić information content (AvgIpc) is 2.14. The zero-order chi connectivity index (χ0) is 10.1. The minimum atomic E-state index is -0.114. The number of hydrogen-bond donors (Lipinski definition) is 1. The van der Waals surface area contributed by atoms with Crippen LogP contribution in [0.4, 0.5) is 0 Å². The summed E-state index contributed by atoms with van der Waals surface area (Å²) in [4.78, 5) is 11.1. The third kappa shape index (κ3) is 7.61. The zero-order valence-corrected chi connectivity index (χ0v) is 8.60. The van der Waals surface area contributed by atoms with Gasteiger partial charge in [0.25, 0.3) is 0 Å². The number of carbonyl (C=O) groups excluding carboxylic acids is 1. The van der Waals surface area contributed by atoms with Gasteiger partial charge >= 0.3 is 0 Å². The van der Waals surface area contributed by atoms with Crippen molar-refractivity contribution in [2.75, 3.05) is 12.4 Å². The molecule has 0 rings (SSSR count). The Bertz CT molecular complexity index is 189. The largest absolute Gasteiger partial charge is 0.355 e. The summed E-state index contributed by atoms with van der Waals surface area (Å²) in [6, 6.07) is 2.05. The van der Waals surface area contributed by atoms with Crippen molar-refractivity contribution in [3.8, 4) is 6.07 Å². The maximum atomic E-state index is 11.1. The molecule has 0 radical (unpaired) electrons. The molecule has 0 heterocycles. The van der Waals surface area contributed by atoms with E-state index in [0.29, 0.717) is 18.8 Å². The fourth-order valence-electron chi connectivity index (χ4n) is 0.781. The first-order valence-electron chi connectivity index (χ1n) is 4.43. The van der Waals surface area contributed by atoms with Crippen molar-refractivity contribution in [2.24, 2.45) is 5.92 Å². The van der Waals surface area contributed by atoms with Gasteiger partial charge in [0.05, 0.1) is 12.0 Å². The molecule has 0 aliphatic carbocycles. The number of halogens is 1. The van der Waals surface area contributed by atoms with Crippen LogP contribution in [0.3, 0.4) is 0 Å². The van der Waals surface area contributed by atoms with Crippen LogP contribution < -0.4 is 5.32 Å². The number of nitriles is 1. The van der Waals surface area contributed by atoms with Gasteiger partial charge in [-0.25, -0.2) is 0 Å². The molecule has 1 amide bonds. The Balaban J connectivity index is 3.36. The number of unbranched alkanes of at least 4 members (excludes halogenated alkanes) is 1. The second kappa shape index (κ2) is 7.88. The van der Waals surface area contributed by atoms with Crippen LogP contribution in [-0.4, -0.2) is 18.3 Å². The molecule has 0 fully saturated rings. The first kappa shape index (κ1) is 12.2. The van der Waals surface area contributed by atoms with E-state index in [-0.39, 0.29) is 11.8 Å². The fraction of sp³-hybridized carbons (Fsp3) is 0.778. The Morgan fingerprint density at radius 2 is 2.31 bits per heavy atom. The highest BCUT2D eigenvalue weighted by Crippen LogP contribution is 1.97. The van der Waals surface area contributed by atoms with Crippen LogP contribution in [0.15, 0.2) is 0 Å². The van der Waals surface area contributed by atoms with Crippen LogP contribution in [0.2, 0.25) is 0 Å². The number of hydrogen-bond acceptors (Lipinski definition) is 2. The summed E-state index contributed by atoms with van der Waals surface area (Å²) < 4.78 is 0. The molecule has 0 saturated carbocycles. The van der Waals surface area contributed by atoms with Gasteiger partial charge in [0.1, 0.15) is 0 Å². The lowest BCUT2D eigenvalue weighted by Gasteiger charge is -2.05. The van der Waals surface area contributed by atoms with Crippen LogP contribution in [0.5, 0.6) is 0 Å². The van der Waals surface area contributed by atoms with E-state index in [9.17, 15) is 4.79 Å². The molecule has 0 spiro atoms. The van der Waals surface area contributed by atoms with Gasteiger partial charge in [0, 0.05) is 18.8 Å². The zero-order valence-electron chi connectivity index (χ0n) is 7.85. The van der Waals surface area contributed by atoms with Gasteiger partial charge in [0.15, 0.2) is 0 Å². The van der Waals surface area contributed by atoms with Crippen molar-refractivity contribution in [1.29, 1.82) is 5.26 Å². The third-order valence-electron chi connectivity index (χ3n) is 1.61. The number of nitrogens with zero attached hydrogens (tertiary/aromatic N) is 1. The van der Waals surface area contributed by atoms with Crippen molar-refractivity contribution in [3.05, 3.63) is 0 Å². The second-order valence-corrected chi connectivity index (χ2v) is 3.36. The summed E-state index contributed by atoms with van der Waals surface area (Å²) >= 11 is 5.46. The van der Waals surface area contributed by atoms with Crippen molar-refractivity contribution < 1.29 is 4.79 Å². The molecule has 1 N–H and O–H groups in total. The molecule has 0 aliphatic heterocycles. The highest BCUT2D eigenvalue weighted by atomic mass is 35.5. The van der Waals surface area contributed by atoms with E-state index >= 15 is 0 Å². The Kier molecular flexibility index (Phi) is 7.42. The van der Waals surface area contributed by atoms with Crippen molar-refractivity contribution in [2.45, 2.75) is 26.2 Å². The van der Waals surface area contributed by atoms with Crippen LogP contribution in [0.1, 0.15) is 26.2 Å². The van der Waals surface area contributed by atoms with Gasteiger partial charge in [-0.05, 0) is 19.8 Å². The van der Waals surface area contributed by atoms with Crippen LogP contribution >= 0.6 is 11.6 Å². The average molecular weight is 203 g/mol. The predicted octanol–water partition coefficient (Wildman–Crippen LogP) is 1.67. The maximum absolute atomic E-state index is 11.1. The summed E-state index contributed by atoms with van der Waals surface area (Å²) in [6.07, 6.45) is 2.18. The first-order valence-corrected chi connectivity index (χ1v) is 4.96. The molecule has 0 aromatic carbocycles. The quantitative estimate of drug-likeness (QED) is 0.526. The lowest BCUT2D eigenvalue weighted by molar-refractivity contribution is -0.121. The van der Waals surface area contributed by atoms with E-state index in [0.717, 1.165) is 12.8 Å². The van der Waals surface area contributed by atoms with Crippen molar-refractivity contribution >= 4 is 17.5 Å². The number of amides is 1. The van der Waals surface area contributed by atoms with Crippen LogP contribution in [0, 0.1) is 17.2 Å². The molecule has 0 bridgehead atoms. The van der Waals surface area contributed by atoms with Crippen molar-refractivity contribution in [1.82, 2.24) is 5.32 Å². The summed E-state index contributed by atoms with van der Waals surface area (Å²) in [5.74, 6) is 0.492. The molecule has 1 atom stereocenters. The van der Waals surface area contributed by atoms with E-state index in [4.69, 9.17) is 16.9 Å². The standard InChI is InChI=1S/C9H15ClN2O/c1-8(6-11)7-12-9(13)4-2-3-5-10/h8H,2-5,7H2,1H3,(H,12,13). The molecule has 3 nitrogen and oxygen atoms in total. The topological polar surface area (TPSA) is 52.9 Å². The minimum absolute atomic E-state index is 0.00668. The summed E-state index contributed by atoms with van der Waals surface area (Å²) in [5, 5.41) is 11.1. The highest BCUT2D eigenvalue weighted by molar-refractivity contribution is 6.17. The monoisotopic (exact) mass is 202 g/mol. The predicted molar refractivity (Wildman–Crippen MR) is 52.4 cm³/mol. The number of alkyl halides is 1. The summed E-state index contributed by atoms with van der Waals surface area (Å²) in [6.45, 7) is 2.22. The van der Waals surface area contributed by atoms with E-state index < -0.39 is 0 Å². The van der Waals surface area contributed by atoms with E-state index in [1.54, 1.807) is 6.92 Å². The number of nitrogens with one attached hydrogen (secondary N) is 1. The summed E-state index contributed by atoms with van der Waals surface area (Å²) in [7, 11) is 0. The first-order chi connectivity index (χ1) is 6.20. The molecule has 0 aromatic rings. The molecule has 4 heteroatoms. The van der Waals surface area contributed by atoms with Gasteiger partial charge < -0.3 is 5.32 Å². The molecule has 0 aromatic heterocycles. The molecular weight excluding hydrogens is 188 g/mol. The lowest BCUT2D eigenvalue weighted by Crippen LogP contribution is -2.27.